The summed E-state index contributed by atoms with van der Waals surface area (Å²) < 4.78 is 0. The molecule has 2 heterocycles. The van der Waals surface area contributed by atoms with E-state index in [0.717, 1.165) is 33.2 Å². The number of aromatic nitrogens is 1. The highest BCUT2D eigenvalue weighted by molar-refractivity contribution is 5.84. The summed E-state index contributed by atoms with van der Waals surface area (Å²) in [4.78, 5) is 22.7. The van der Waals surface area contributed by atoms with Crippen LogP contribution in [-0.2, 0) is 22.6 Å². The van der Waals surface area contributed by atoms with Gasteiger partial charge in [-0.05, 0) is 41.7 Å². The normalized spacial score (nSPS) is 20.8. The van der Waals surface area contributed by atoms with Gasteiger partial charge >= 0.3 is 0 Å². The summed E-state index contributed by atoms with van der Waals surface area (Å²) in [5.74, 6) is -0.764. The van der Waals surface area contributed by atoms with Crippen molar-refractivity contribution in [1.29, 1.82) is 0 Å². The molecule has 0 bridgehead atoms. The van der Waals surface area contributed by atoms with Gasteiger partial charge in [-0.1, -0.05) is 72.8 Å². The summed E-state index contributed by atoms with van der Waals surface area (Å²) in [5.41, 5.74) is 5.41. The molecular weight excluding hydrogens is 466 g/mol. The van der Waals surface area contributed by atoms with Crippen molar-refractivity contribution in [3.8, 4) is 11.1 Å². The van der Waals surface area contributed by atoms with E-state index in [9.17, 15) is 15.0 Å². The third kappa shape index (κ3) is 5.45. The van der Waals surface area contributed by atoms with Crippen LogP contribution < -0.4 is 5.32 Å². The predicted molar refractivity (Wildman–Crippen MR) is 143 cm³/mol. The van der Waals surface area contributed by atoms with Crippen molar-refractivity contribution in [2.45, 2.75) is 38.1 Å². The molecule has 7 nitrogen and oxygen atoms in total. The molecule has 1 amide bonds. The molecule has 1 aliphatic heterocycles. The van der Waals surface area contributed by atoms with Gasteiger partial charge in [-0.15, -0.1) is 0 Å². The molecule has 1 saturated heterocycles. The molecule has 0 aliphatic carbocycles. The molecule has 1 aromatic heterocycles. The largest absolute Gasteiger partial charge is 0.396 e. The Labute approximate surface area is 216 Å². The lowest BCUT2D eigenvalue weighted by molar-refractivity contribution is -0.192. The molecule has 1 fully saturated rings. The summed E-state index contributed by atoms with van der Waals surface area (Å²) in [7, 11) is 0. The van der Waals surface area contributed by atoms with Crippen molar-refractivity contribution in [2.24, 2.45) is 5.92 Å². The monoisotopic (exact) mass is 499 g/mol. The van der Waals surface area contributed by atoms with Crippen LogP contribution in [0.15, 0.2) is 85.1 Å². The number of para-hydroxylation sites is 1. The predicted octanol–water partition coefficient (Wildman–Crippen LogP) is 3.67. The zero-order chi connectivity index (χ0) is 25.8. The highest BCUT2D eigenvalue weighted by atomic mass is 16.7. The molecule has 0 unspecified atom stereocenters. The van der Waals surface area contributed by atoms with Crippen molar-refractivity contribution in [3.63, 3.8) is 0 Å². The fourth-order valence-corrected chi connectivity index (χ4v) is 5.18. The number of carbonyl (C=O) groups excluding carboxylic acids is 1. The van der Waals surface area contributed by atoms with E-state index in [0.29, 0.717) is 19.5 Å². The number of hydroxylamine groups is 2. The number of nitrogens with one attached hydrogen (secondary N) is 2. The van der Waals surface area contributed by atoms with Crippen LogP contribution >= 0.6 is 0 Å². The summed E-state index contributed by atoms with van der Waals surface area (Å²) in [6.45, 7) is 2.17. The number of benzene rings is 3. The number of aliphatic hydroxyl groups is 2. The number of nitrogens with zero attached hydrogens (tertiary/aromatic N) is 1. The molecule has 1 aliphatic rings. The first kappa shape index (κ1) is 25.2. The van der Waals surface area contributed by atoms with Crippen LogP contribution in [0.3, 0.4) is 0 Å². The lowest BCUT2D eigenvalue weighted by Gasteiger charge is -2.24. The number of carbonyl (C=O) groups is 1. The second kappa shape index (κ2) is 11.3. The number of H-pyrrole nitrogens is 1. The highest BCUT2D eigenvalue weighted by Gasteiger charge is 2.48. The Bertz CT molecular complexity index is 1320. The van der Waals surface area contributed by atoms with E-state index < -0.39 is 24.2 Å². The number of rotatable bonds is 9. The van der Waals surface area contributed by atoms with Crippen LogP contribution in [0, 0.1) is 5.92 Å². The molecule has 5 rings (SSSR count). The van der Waals surface area contributed by atoms with Gasteiger partial charge in [0.15, 0.2) is 0 Å². The zero-order valence-corrected chi connectivity index (χ0v) is 20.9. The fourth-order valence-electron chi connectivity index (χ4n) is 5.18. The van der Waals surface area contributed by atoms with Crippen LogP contribution in [0.4, 0.5) is 0 Å². The van der Waals surface area contributed by atoms with Crippen molar-refractivity contribution in [2.75, 3.05) is 13.2 Å². The maximum absolute atomic E-state index is 13.4. The maximum atomic E-state index is 13.4. The molecule has 4 N–H and O–H groups in total. The van der Waals surface area contributed by atoms with Crippen molar-refractivity contribution in [3.05, 3.63) is 96.2 Å². The summed E-state index contributed by atoms with van der Waals surface area (Å²) in [6.07, 6.45) is 1.15. The number of aromatic amines is 1. The smallest absolute Gasteiger partial charge is 0.240 e. The van der Waals surface area contributed by atoms with Crippen molar-refractivity contribution < 1.29 is 19.8 Å². The lowest BCUT2D eigenvalue weighted by atomic mass is 9.92. The first-order valence-corrected chi connectivity index (χ1v) is 12.7. The lowest BCUT2D eigenvalue weighted by Crippen LogP contribution is -2.48. The summed E-state index contributed by atoms with van der Waals surface area (Å²) in [6, 6.07) is 25.6. The van der Waals surface area contributed by atoms with Gasteiger partial charge in [-0.2, -0.15) is 5.06 Å². The minimum Gasteiger partial charge on any atom is -0.396 e. The Kier molecular flexibility index (Phi) is 7.67. The van der Waals surface area contributed by atoms with E-state index in [1.165, 1.54) is 0 Å². The Balaban J connectivity index is 1.28. The molecule has 192 valence electrons. The fraction of sp³-hybridized carbons (Fsp3) is 0.300. The van der Waals surface area contributed by atoms with Crippen LogP contribution in [0.2, 0.25) is 0 Å². The van der Waals surface area contributed by atoms with E-state index in [1.807, 2.05) is 66.9 Å². The molecular formula is C30H33N3O4. The van der Waals surface area contributed by atoms with Crippen LogP contribution in [0.25, 0.3) is 22.0 Å². The molecule has 3 aromatic carbocycles. The number of hydrogen-bond donors (Lipinski definition) is 4. The standard InChI is InChI=1S/C30H33N3O4/c1-20(35)29-26(19-34)28(30(36)31-16-15-24-17-32-27-10-6-5-9-25(24)27)33(37-29)18-21-11-13-23(14-12-21)22-7-3-2-4-8-22/h2-14,17,20,26,28-29,32,34-35H,15-16,18-19H2,1H3,(H,31,36)/t20-,26+,28+,29+/m0/s1. The third-order valence-electron chi connectivity index (χ3n) is 7.12. The van der Waals surface area contributed by atoms with Crippen LogP contribution in [0.5, 0.6) is 0 Å². The Morgan fingerprint density at radius 1 is 1.03 bits per heavy atom. The Hall–Kier alpha value is -3.49. The molecule has 0 radical (unpaired) electrons. The Morgan fingerprint density at radius 2 is 1.73 bits per heavy atom. The van der Waals surface area contributed by atoms with Gasteiger partial charge in [0, 0.05) is 29.6 Å². The highest BCUT2D eigenvalue weighted by Crippen LogP contribution is 2.32. The SMILES string of the molecule is C[C@H](O)[C@H]1ON(Cc2ccc(-c3ccccc3)cc2)[C@@H](C(=O)NCCc2c[nH]c3ccccc23)[C@H]1CO. The van der Waals surface area contributed by atoms with E-state index in [2.05, 4.69) is 28.5 Å². The quantitative estimate of drug-likeness (QED) is 0.282. The maximum Gasteiger partial charge on any atom is 0.240 e. The summed E-state index contributed by atoms with van der Waals surface area (Å²) >= 11 is 0. The van der Waals surface area contributed by atoms with E-state index in [4.69, 9.17) is 4.84 Å². The van der Waals surface area contributed by atoms with Crippen molar-refractivity contribution >= 4 is 16.8 Å². The second-order valence-corrected chi connectivity index (χ2v) is 9.64. The van der Waals surface area contributed by atoms with E-state index >= 15 is 0 Å². The first-order chi connectivity index (χ1) is 18.0. The van der Waals surface area contributed by atoms with Gasteiger partial charge < -0.3 is 20.5 Å². The van der Waals surface area contributed by atoms with E-state index in [-0.39, 0.29) is 12.5 Å². The molecule has 4 aromatic rings. The number of hydrogen-bond acceptors (Lipinski definition) is 5. The third-order valence-corrected chi connectivity index (χ3v) is 7.12. The number of fused-ring (bicyclic) bond motifs is 1. The van der Waals surface area contributed by atoms with E-state index in [1.54, 1.807) is 12.0 Å². The van der Waals surface area contributed by atoms with Gasteiger partial charge in [0.25, 0.3) is 0 Å². The molecule has 7 heteroatoms. The van der Waals surface area contributed by atoms with Gasteiger partial charge in [-0.3, -0.25) is 9.63 Å². The average molecular weight is 500 g/mol. The average Bonchev–Trinajstić information content (AvgIpc) is 3.51. The van der Waals surface area contributed by atoms with Gasteiger partial charge in [0.2, 0.25) is 5.91 Å². The molecule has 0 saturated carbocycles. The van der Waals surface area contributed by atoms with Crippen LogP contribution in [-0.4, -0.2) is 57.6 Å². The Morgan fingerprint density at radius 3 is 2.46 bits per heavy atom. The second-order valence-electron chi connectivity index (χ2n) is 9.64. The first-order valence-electron chi connectivity index (χ1n) is 12.7. The molecule has 0 spiro atoms. The minimum absolute atomic E-state index is 0.219. The zero-order valence-electron chi connectivity index (χ0n) is 20.9. The van der Waals surface area contributed by atoms with Crippen molar-refractivity contribution in [1.82, 2.24) is 15.4 Å². The molecule has 37 heavy (non-hydrogen) atoms. The minimum atomic E-state index is -0.830. The summed E-state index contributed by atoms with van der Waals surface area (Å²) in [5, 5.41) is 26.2. The van der Waals surface area contributed by atoms with Gasteiger partial charge in [-0.25, -0.2) is 0 Å². The topological polar surface area (TPSA) is 97.8 Å². The van der Waals surface area contributed by atoms with Crippen LogP contribution in [0.1, 0.15) is 18.1 Å². The molecule has 4 atom stereocenters. The number of amides is 1. The van der Waals surface area contributed by atoms with Gasteiger partial charge in [0.05, 0.1) is 19.3 Å². The number of aliphatic hydroxyl groups excluding tert-OH is 2. The van der Waals surface area contributed by atoms with Gasteiger partial charge in [0.1, 0.15) is 12.1 Å².